The first-order chi connectivity index (χ1) is 9.59. The van der Waals surface area contributed by atoms with Gasteiger partial charge in [0.15, 0.2) is 9.84 Å². The topological polar surface area (TPSA) is 61.2 Å². The number of nitrogens with zero attached hydrogens (tertiary/aromatic N) is 2. The van der Waals surface area contributed by atoms with Gasteiger partial charge in [-0.3, -0.25) is 4.90 Å². The van der Waals surface area contributed by atoms with Crippen LogP contribution in [0.25, 0.3) is 0 Å². The molecule has 1 aromatic rings. The van der Waals surface area contributed by atoms with Crippen molar-refractivity contribution in [1.29, 1.82) is 5.26 Å². The average molecular weight is 290 g/mol. The van der Waals surface area contributed by atoms with E-state index in [4.69, 9.17) is 5.26 Å². The first-order valence-electron chi connectivity index (χ1n) is 6.70. The third-order valence-corrected chi connectivity index (χ3v) is 5.60. The summed E-state index contributed by atoms with van der Waals surface area (Å²) >= 11 is 0. The van der Waals surface area contributed by atoms with E-state index in [2.05, 4.69) is 6.58 Å². The van der Waals surface area contributed by atoms with E-state index in [0.717, 1.165) is 32.4 Å². The van der Waals surface area contributed by atoms with Gasteiger partial charge in [-0.25, -0.2) is 8.42 Å². The second kappa shape index (κ2) is 6.21. The SMILES string of the molecule is C=CC(N1CCCCC1)S(=O)(=O)c1cccc(C#N)c1. The minimum absolute atomic E-state index is 0.187. The Morgan fingerprint density at radius 1 is 1.30 bits per heavy atom. The summed E-state index contributed by atoms with van der Waals surface area (Å²) in [5.74, 6) is 0. The van der Waals surface area contributed by atoms with E-state index in [-0.39, 0.29) is 4.90 Å². The number of benzene rings is 1. The molecule has 0 spiro atoms. The molecule has 0 radical (unpaired) electrons. The molecule has 0 N–H and O–H groups in total. The summed E-state index contributed by atoms with van der Waals surface area (Å²) in [6.45, 7) is 5.23. The quantitative estimate of drug-likeness (QED) is 0.798. The molecule has 1 saturated heterocycles. The van der Waals surface area contributed by atoms with Crippen molar-refractivity contribution in [2.75, 3.05) is 13.1 Å². The summed E-state index contributed by atoms with van der Waals surface area (Å²) in [5.41, 5.74) is 0.354. The fraction of sp³-hybridized carbons (Fsp3) is 0.400. The summed E-state index contributed by atoms with van der Waals surface area (Å²) < 4.78 is 25.4. The number of nitriles is 1. The van der Waals surface area contributed by atoms with E-state index in [0.29, 0.717) is 5.56 Å². The van der Waals surface area contributed by atoms with E-state index < -0.39 is 15.2 Å². The number of hydrogen-bond donors (Lipinski definition) is 0. The Labute approximate surface area is 120 Å². The third-order valence-electron chi connectivity index (χ3n) is 3.56. The van der Waals surface area contributed by atoms with Crippen LogP contribution in [0.1, 0.15) is 24.8 Å². The van der Waals surface area contributed by atoms with Crippen molar-refractivity contribution in [3.05, 3.63) is 42.5 Å². The fourth-order valence-corrected chi connectivity index (χ4v) is 4.22. The lowest BCUT2D eigenvalue weighted by molar-refractivity contribution is 0.229. The molecule has 20 heavy (non-hydrogen) atoms. The molecule has 0 saturated carbocycles. The minimum Gasteiger partial charge on any atom is -0.284 e. The van der Waals surface area contributed by atoms with Crippen LogP contribution in [0, 0.1) is 11.3 Å². The molecule has 1 unspecified atom stereocenters. The molecule has 106 valence electrons. The first kappa shape index (κ1) is 14.8. The maximum Gasteiger partial charge on any atom is 0.198 e. The van der Waals surface area contributed by atoms with Gasteiger partial charge in [0.25, 0.3) is 0 Å². The predicted octanol–water partition coefficient (Wildman–Crippen LogP) is 2.33. The van der Waals surface area contributed by atoms with Crippen LogP contribution in [0.5, 0.6) is 0 Å². The normalized spacial score (nSPS) is 18.1. The standard InChI is InChI=1S/C15H18N2O2S/c1-2-15(17-9-4-3-5-10-17)20(18,19)14-8-6-7-13(11-14)12-16/h2,6-8,11,15H,1,3-5,9-10H2. The van der Waals surface area contributed by atoms with Crippen molar-refractivity contribution in [3.8, 4) is 6.07 Å². The molecule has 0 amide bonds. The third kappa shape index (κ3) is 2.92. The monoisotopic (exact) mass is 290 g/mol. The van der Waals surface area contributed by atoms with Gasteiger partial charge in [-0.1, -0.05) is 18.6 Å². The van der Waals surface area contributed by atoms with Gasteiger partial charge < -0.3 is 0 Å². The maximum atomic E-state index is 12.7. The zero-order valence-electron chi connectivity index (χ0n) is 11.3. The van der Waals surface area contributed by atoms with Crippen LogP contribution < -0.4 is 0 Å². The zero-order chi connectivity index (χ0) is 14.6. The molecule has 5 heteroatoms. The van der Waals surface area contributed by atoms with Crippen molar-refractivity contribution in [3.63, 3.8) is 0 Å². The molecule has 0 bridgehead atoms. The first-order valence-corrected chi connectivity index (χ1v) is 8.25. The molecule has 2 rings (SSSR count). The highest BCUT2D eigenvalue weighted by Gasteiger charge is 2.31. The molecule has 1 fully saturated rings. The number of piperidine rings is 1. The second-order valence-electron chi connectivity index (χ2n) is 4.91. The van der Waals surface area contributed by atoms with Crippen LogP contribution in [-0.4, -0.2) is 31.8 Å². The molecule has 0 aliphatic carbocycles. The van der Waals surface area contributed by atoms with E-state index in [1.165, 1.54) is 18.2 Å². The number of hydrogen-bond acceptors (Lipinski definition) is 4. The summed E-state index contributed by atoms with van der Waals surface area (Å²) in [6, 6.07) is 8.14. The molecular formula is C15H18N2O2S. The molecule has 1 heterocycles. The largest absolute Gasteiger partial charge is 0.284 e. The van der Waals surface area contributed by atoms with Gasteiger partial charge in [-0.2, -0.15) is 5.26 Å². The van der Waals surface area contributed by atoms with Gasteiger partial charge in [-0.05, 0) is 44.1 Å². The highest BCUT2D eigenvalue weighted by atomic mass is 32.2. The van der Waals surface area contributed by atoms with Crippen LogP contribution in [0.2, 0.25) is 0 Å². The smallest absolute Gasteiger partial charge is 0.198 e. The minimum atomic E-state index is -3.53. The van der Waals surface area contributed by atoms with Gasteiger partial charge in [0, 0.05) is 0 Å². The van der Waals surface area contributed by atoms with E-state index >= 15 is 0 Å². The van der Waals surface area contributed by atoms with Crippen LogP contribution in [0.4, 0.5) is 0 Å². The second-order valence-corrected chi connectivity index (χ2v) is 6.95. The van der Waals surface area contributed by atoms with Crippen molar-refractivity contribution < 1.29 is 8.42 Å². The van der Waals surface area contributed by atoms with Gasteiger partial charge >= 0.3 is 0 Å². The van der Waals surface area contributed by atoms with Crippen molar-refractivity contribution in [2.45, 2.75) is 29.5 Å². The number of rotatable bonds is 4. The lowest BCUT2D eigenvalue weighted by atomic mass is 10.1. The highest BCUT2D eigenvalue weighted by Crippen LogP contribution is 2.23. The predicted molar refractivity (Wildman–Crippen MR) is 77.8 cm³/mol. The van der Waals surface area contributed by atoms with E-state index in [1.54, 1.807) is 12.1 Å². The molecule has 1 aliphatic rings. The van der Waals surface area contributed by atoms with Gasteiger partial charge in [0.05, 0.1) is 16.5 Å². The van der Waals surface area contributed by atoms with E-state index in [1.807, 2.05) is 11.0 Å². The van der Waals surface area contributed by atoms with Crippen molar-refractivity contribution in [2.24, 2.45) is 0 Å². The summed E-state index contributed by atoms with van der Waals surface area (Å²) in [4.78, 5) is 2.14. The summed E-state index contributed by atoms with van der Waals surface area (Å²) in [5, 5.41) is 8.19. The molecule has 4 nitrogen and oxygen atoms in total. The molecular weight excluding hydrogens is 272 g/mol. The Kier molecular flexibility index (Phi) is 4.58. The summed E-state index contributed by atoms with van der Waals surface area (Å²) in [6.07, 6.45) is 4.65. The lowest BCUT2D eigenvalue weighted by Crippen LogP contribution is -2.42. The Balaban J connectivity index is 2.35. The number of likely N-dealkylation sites (tertiary alicyclic amines) is 1. The molecule has 1 aliphatic heterocycles. The molecule has 1 atom stereocenters. The highest BCUT2D eigenvalue weighted by molar-refractivity contribution is 7.92. The van der Waals surface area contributed by atoms with Gasteiger partial charge in [-0.15, -0.1) is 6.58 Å². The molecule has 1 aromatic carbocycles. The zero-order valence-corrected chi connectivity index (χ0v) is 12.1. The van der Waals surface area contributed by atoms with Gasteiger partial charge in [0.1, 0.15) is 5.37 Å². The van der Waals surface area contributed by atoms with Crippen molar-refractivity contribution >= 4 is 9.84 Å². The Bertz CT molecular complexity index is 626. The molecule has 0 aromatic heterocycles. The van der Waals surface area contributed by atoms with Crippen LogP contribution in [-0.2, 0) is 9.84 Å². The Morgan fingerprint density at radius 2 is 2.00 bits per heavy atom. The van der Waals surface area contributed by atoms with Crippen LogP contribution in [0.3, 0.4) is 0 Å². The average Bonchev–Trinajstić information content (AvgIpc) is 2.49. The van der Waals surface area contributed by atoms with Crippen LogP contribution >= 0.6 is 0 Å². The van der Waals surface area contributed by atoms with E-state index in [9.17, 15) is 8.42 Å². The fourth-order valence-electron chi connectivity index (χ4n) is 2.53. The lowest BCUT2D eigenvalue weighted by Gasteiger charge is -2.32. The van der Waals surface area contributed by atoms with Crippen molar-refractivity contribution in [1.82, 2.24) is 4.90 Å². The number of sulfone groups is 1. The Hall–Kier alpha value is -1.64. The Morgan fingerprint density at radius 3 is 2.60 bits per heavy atom. The van der Waals surface area contributed by atoms with Crippen LogP contribution in [0.15, 0.2) is 41.8 Å². The van der Waals surface area contributed by atoms with Gasteiger partial charge in [0.2, 0.25) is 0 Å². The maximum absolute atomic E-state index is 12.7. The summed E-state index contributed by atoms with van der Waals surface area (Å²) in [7, 11) is -3.53.